The molecule has 1 aromatic rings. The summed E-state index contributed by atoms with van der Waals surface area (Å²) in [6.07, 6.45) is 2.51. The van der Waals surface area contributed by atoms with Crippen molar-refractivity contribution in [1.29, 1.82) is 0 Å². The van der Waals surface area contributed by atoms with Gasteiger partial charge in [-0.05, 0) is 54.6 Å². The number of aliphatic hydroxyl groups is 3. The minimum absolute atomic E-state index is 0.104. The number of benzene rings is 1. The van der Waals surface area contributed by atoms with Gasteiger partial charge in [-0.3, -0.25) is 14.4 Å². The number of fused-ring (bicyclic) bond motifs is 3. The zero-order chi connectivity index (χ0) is 25.2. The summed E-state index contributed by atoms with van der Waals surface area (Å²) in [4.78, 5) is 37.6. The fourth-order valence-electron chi connectivity index (χ4n) is 5.65. The van der Waals surface area contributed by atoms with Crippen LogP contribution in [0.25, 0.3) is 5.76 Å². The van der Waals surface area contributed by atoms with E-state index in [-0.39, 0.29) is 35.1 Å². The molecule has 1 aromatic carbocycles. The number of aromatic hydroxyl groups is 1. The summed E-state index contributed by atoms with van der Waals surface area (Å²) in [5.41, 5.74) is 3.38. The molecule has 1 saturated carbocycles. The SMILES string of the molecule is CC(C)(C)CCCc1ccc2c(c1O)C(O)=C1C(=O)[C@]3(O)C(O)=C(C(N)=O)C(=O)C[C@@H]3C[C@@H]1C2. The molecule has 0 bridgehead atoms. The van der Waals surface area contributed by atoms with Crippen LogP contribution in [0.15, 0.2) is 29.0 Å². The van der Waals surface area contributed by atoms with Crippen LogP contribution >= 0.6 is 0 Å². The molecule has 8 heteroatoms. The van der Waals surface area contributed by atoms with E-state index in [0.717, 1.165) is 12.8 Å². The van der Waals surface area contributed by atoms with Crippen LogP contribution in [0.4, 0.5) is 0 Å². The number of ketones is 2. The zero-order valence-electron chi connectivity index (χ0n) is 19.6. The smallest absolute Gasteiger partial charge is 0.255 e. The van der Waals surface area contributed by atoms with Crippen LogP contribution in [0.5, 0.6) is 5.75 Å². The number of carbonyl (C=O) groups excluding carboxylic acids is 3. The third-order valence-electron chi connectivity index (χ3n) is 7.39. The van der Waals surface area contributed by atoms with Crippen LogP contribution in [0, 0.1) is 17.3 Å². The molecule has 1 fully saturated rings. The normalized spacial score (nSPS) is 26.8. The number of nitrogens with two attached hydrogens (primary N) is 1. The molecule has 0 heterocycles. The molecule has 3 atom stereocenters. The number of phenolic OH excluding ortho intramolecular Hbond substituents is 1. The Morgan fingerprint density at radius 3 is 2.44 bits per heavy atom. The summed E-state index contributed by atoms with van der Waals surface area (Å²) >= 11 is 0. The number of amides is 1. The maximum Gasteiger partial charge on any atom is 0.255 e. The van der Waals surface area contributed by atoms with Gasteiger partial charge in [0.1, 0.15) is 22.8 Å². The first-order valence-corrected chi connectivity index (χ1v) is 11.6. The first-order chi connectivity index (χ1) is 15.8. The van der Waals surface area contributed by atoms with Crippen LogP contribution in [-0.4, -0.2) is 43.5 Å². The topological polar surface area (TPSA) is 158 Å². The molecule has 0 radical (unpaired) electrons. The molecular formula is C26H31NO7. The lowest BCUT2D eigenvalue weighted by Gasteiger charge is -2.46. The number of primary amides is 1. The predicted octanol–water partition coefficient (Wildman–Crippen LogP) is 2.79. The largest absolute Gasteiger partial charge is 0.508 e. The van der Waals surface area contributed by atoms with E-state index in [1.54, 1.807) is 0 Å². The Kier molecular flexibility index (Phi) is 5.63. The van der Waals surface area contributed by atoms with Gasteiger partial charge in [-0.2, -0.15) is 0 Å². The van der Waals surface area contributed by atoms with E-state index in [2.05, 4.69) is 20.8 Å². The van der Waals surface area contributed by atoms with Crippen molar-refractivity contribution in [2.45, 2.75) is 64.9 Å². The van der Waals surface area contributed by atoms with Crippen molar-refractivity contribution in [3.05, 3.63) is 45.7 Å². The van der Waals surface area contributed by atoms with Crippen LogP contribution in [0.2, 0.25) is 0 Å². The summed E-state index contributed by atoms with van der Waals surface area (Å²) in [6.45, 7) is 6.40. The molecule has 3 aliphatic carbocycles. The molecular weight excluding hydrogens is 438 g/mol. The summed E-state index contributed by atoms with van der Waals surface area (Å²) in [7, 11) is 0. The molecule has 34 heavy (non-hydrogen) atoms. The predicted molar refractivity (Wildman–Crippen MR) is 124 cm³/mol. The van der Waals surface area contributed by atoms with Gasteiger partial charge < -0.3 is 26.2 Å². The Labute approximate surface area is 197 Å². The van der Waals surface area contributed by atoms with E-state index in [1.807, 2.05) is 12.1 Å². The summed E-state index contributed by atoms with van der Waals surface area (Å²) in [6, 6.07) is 3.66. The molecule has 0 aliphatic heterocycles. The third-order valence-corrected chi connectivity index (χ3v) is 7.39. The van der Waals surface area contributed by atoms with E-state index < -0.39 is 52.0 Å². The Bertz CT molecular complexity index is 1170. The lowest BCUT2D eigenvalue weighted by atomic mass is 9.59. The average Bonchev–Trinajstić information content (AvgIpc) is 2.71. The molecule has 182 valence electrons. The number of hydrogen-bond acceptors (Lipinski definition) is 7. The van der Waals surface area contributed by atoms with Gasteiger partial charge in [0.2, 0.25) is 5.78 Å². The van der Waals surface area contributed by atoms with Crippen molar-refractivity contribution in [2.24, 2.45) is 23.0 Å². The number of aliphatic hydroxyl groups excluding tert-OH is 2. The minimum atomic E-state index is -2.53. The summed E-state index contributed by atoms with van der Waals surface area (Å²) in [5.74, 6) is -5.99. The molecule has 4 rings (SSSR count). The fraction of sp³-hybridized carbons (Fsp3) is 0.500. The first kappa shape index (κ1) is 24.0. The highest BCUT2D eigenvalue weighted by Gasteiger charge is 2.60. The zero-order valence-corrected chi connectivity index (χ0v) is 19.6. The Morgan fingerprint density at radius 2 is 1.82 bits per heavy atom. The van der Waals surface area contributed by atoms with Crippen molar-refractivity contribution in [3.63, 3.8) is 0 Å². The van der Waals surface area contributed by atoms with Crippen LogP contribution in [-0.2, 0) is 27.2 Å². The fourth-order valence-corrected chi connectivity index (χ4v) is 5.65. The lowest BCUT2D eigenvalue weighted by Crippen LogP contribution is -2.58. The van der Waals surface area contributed by atoms with Crippen LogP contribution in [0.3, 0.4) is 0 Å². The molecule has 0 spiro atoms. The molecule has 0 unspecified atom stereocenters. The number of carbonyl (C=O) groups is 3. The number of rotatable bonds is 4. The van der Waals surface area contributed by atoms with E-state index in [4.69, 9.17) is 5.73 Å². The minimum Gasteiger partial charge on any atom is -0.508 e. The van der Waals surface area contributed by atoms with Crippen LogP contribution in [0.1, 0.15) is 63.1 Å². The molecule has 0 saturated heterocycles. The monoisotopic (exact) mass is 469 g/mol. The number of hydrogen-bond donors (Lipinski definition) is 5. The Morgan fingerprint density at radius 1 is 1.15 bits per heavy atom. The average molecular weight is 470 g/mol. The Balaban J connectivity index is 1.77. The second kappa shape index (κ2) is 7.98. The van der Waals surface area contributed by atoms with E-state index in [1.165, 1.54) is 0 Å². The van der Waals surface area contributed by atoms with E-state index >= 15 is 0 Å². The van der Waals surface area contributed by atoms with Gasteiger partial charge in [-0.15, -0.1) is 0 Å². The highest BCUT2D eigenvalue weighted by Crippen LogP contribution is 2.52. The van der Waals surface area contributed by atoms with Gasteiger partial charge in [0.25, 0.3) is 5.91 Å². The van der Waals surface area contributed by atoms with Gasteiger partial charge in [0.15, 0.2) is 11.4 Å². The van der Waals surface area contributed by atoms with Gasteiger partial charge in [-0.25, -0.2) is 0 Å². The van der Waals surface area contributed by atoms with Gasteiger partial charge in [0, 0.05) is 17.9 Å². The highest BCUT2D eigenvalue weighted by atomic mass is 16.3. The third kappa shape index (κ3) is 3.60. The maximum absolute atomic E-state index is 13.5. The molecule has 8 nitrogen and oxygen atoms in total. The van der Waals surface area contributed by atoms with Gasteiger partial charge >= 0.3 is 0 Å². The summed E-state index contributed by atoms with van der Waals surface area (Å²) < 4.78 is 0. The van der Waals surface area contributed by atoms with Crippen molar-refractivity contribution < 1.29 is 34.8 Å². The first-order valence-electron chi connectivity index (χ1n) is 11.6. The maximum atomic E-state index is 13.5. The van der Waals surface area contributed by atoms with Gasteiger partial charge in [-0.1, -0.05) is 32.9 Å². The van der Waals surface area contributed by atoms with E-state index in [9.17, 15) is 34.8 Å². The Hall–Kier alpha value is -3.13. The second-order valence-corrected chi connectivity index (χ2v) is 10.9. The summed E-state index contributed by atoms with van der Waals surface area (Å²) in [5, 5.41) is 44.0. The second-order valence-electron chi connectivity index (χ2n) is 10.9. The molecule has 6 N–H and O–H groups in total. The lowest BCUT2D eigenvalue weighted by molar-refractivity contribution is -0.147. The molecule has 0 aromatic heterocycles. The highest BCUT2D eigenvalue weighted by molar-refractivity contribution is 6.22. The molecule has 3 aliphatic rings. The number of Topliss-reactive ketones (excluding diaryl/α,β-unsaturated/α-hetero) is 2. The number of aryl methyl sites for hydroxylation is 1. The van der Waals surface area contributed by atoms with Crippen molar-refractivity contribution in [3.8, 4) is 5.75 Å². The molecule has 1 amide bonds. The van der Waals surface area contributed by atoms with Crippen molar-refractivity contribution >= 4 is 23.2 Å². The van der Waals surface area contributed by atoms with E-state index in [0.29, 0.717) is 24.0 Å². The van der Waals surface area contributed by atoms with Gasteiger partial charge in [0.05, 0.1) is 5.56 Å². The van der Waals surface area contributed by atoms with Crippen molar-refractivity contribution in [2.75, 3.05) is 0 Å². The number of phenols is 1. The van der Waals surface area contributed by atoms with Crippen molar-refractivity contribution in [1.82, 2.24) is 0 Å². The van der Waals surface area contributed by atoms with Crippen LogP contribution < -0.4 is 5.73 Å². The quantitative estimate of drug-likeness (QED) is 0.424. The standard InChI is InChI=1S/C26H31NO7/c1-25(2,3)8-4-5-12-6-7-13-9-14-10-15-11-16(28)19(24(27)33)23(32)26(15,34)22(31)18(14)21(30)17(13)20(12)29/h6-7,14-15,29-30,32,34H,4-5,8-11H2,1-3H3,(H2,27,33)/t14-,15-,26-/m0/s1.